The summed E-state index contributed by atoms with van der Waals surface area (Å²) in [6.45, 7) is 4.75. The van der Waals surface area contributed by atoms with Crippen molar-refractivity contribution in [3.05, 3.63) is 82.6 Å². The van der Waals surface area contributed by atoms with Crippen LogP contribution in [0.2, 0.25) is 0 Å². The summed E-state index contributed by atoms with van der Waals surface area (Å²) in [5, 5.41) is 7.53. The zero-order valence-corrected chi connectivity index (χ0v) is 16.2. The van der Waals surface area contributed by atoms with Crippen molar-refractivity contribution in [3.63, 3.8) is 0 Å². The Balaban J connectivity index is 1.86. The number of rotatable bonds is 7. The molecule has 0 spiro atoms. The maximum absolute atomic E-state index is 12.3. The van der Waals surface area contributed by atoms with Gasteiger partial charge in [-0.1, -0.05) is 60.2 Å². The minimum Gasteiger partial charge on any atom is -0.463 e. The van der Waals surface area contributed by atoms with E-state index in [2.05, 4.69) is 59.3 Å². The summed E-state index contributed by atoms with van der Waals surface area (Å²) in [6, 6.07) is 18.3. The molecule has 2 aromatic rings. The normalized spacial score (nSPS) is 14.9. The largest absolute Gasteiger partial charge is 0.463 e. The number of quaternary nitrogens is 1. The highest BCUT2D eigenvalue weighted by Gasteiger charge is 2.26. The van der Waals surface area contributed by atoms with E-state index in [9.17, 15) is 9.59 Å². The Bertz CT molecular complexity index is 860. The molecule has 1 aliphatic heterocycles. The van der Waals surface area contributed by atoms with Crippen LogP contribution in [0.5, 0.6) is 0 Å². The van der Waals surface area contributed by atoms with Gasteiger partial charge < -0.3 is 20.7 Å². The molecule has 0 saturated heterocycles. The van der Waals surface area contributed by atoms with Gasteiger partial charge in [-0.05, 0) is 13.8 Å². The van der Waals surface area contributed by atoms with E-state index in [0.29, 0.717) is 24.4 Å². The number of hydrogen-bond acceptors (Lipinski definition) is 3. The standard InChI is InChI=1S/C22H25N3O3/c1-3-28-21(26)18-13-24-22(27)25-19(18)14-23-20(16-7-5-4-6-8-16)17-11-9-15(2)10-12-17/h4-12,20,23H,3,13-14H2,1-2H3,(H2,24,25,27)/p+1/t20-/m0/s1. The number of urea groups is 1. The van der Waals surface area contributed by atoms with Gasteiger partial charge in [0, 0.05) is 11.1 Å². The van der Waals surface area contributed by atoms with Crippen LogP contribution in [-0.2, 0) is 9.53 Å². The summed E-state index contributed by atoms with van der Waals surface area (Å²) in [7, 11) is 0. The van der Waals surface area contributed by atoms with Crippen LogP contribution in [0, 0.1) is 6.92 Å². The van der Waals surface area contributed by atoms with Crippen molar-refractivity contribution in [1.29, 1.82) is 0 Å². The molecule has 0 radical (unpaired) electrons. The molecule has 0 unspecified atom stereocenters. The van der Waals surface area contributed by atoms with E-state index in [1.54, 1.807) is 6.92 Å². The summed E-state index contributed by atoms with van der Waals surface area (Å²) < 4.78 is 5.13. The van der Waals surface area contributed by atoms with Crippen molar-refractivity contribution < 1.29 is 19.6 Å². The zero-order chi connectivity index (χ0) is 19.9. The molecule has 28 heavy (non-hydrogen) atoms. The second-order valence-corrected chi connectivity index (χ2v) is 6.72. The average molecular weight is 380 g/mol. The van der Waals surface area contributed by atoms with Crippen molar-refractivity contribution in [2.75, 3.05) is 19.7 Å². The molecule has 0 aliphatic carbocycles. The van der Waals surface area contributed by atoms with Gasteiger partial charge >= 0.3 is 12.0 Å². The van der Waals surface area contributed by atoms with E-state index >= 15 is 0 Å². The summed E-state index contributed by atoms with van der Waals surface area (Å²) in [6.07, 6.45) is 0. The highest BCUT2D eigenvalue weighted by molar-refractivity contribution is 5.93. The van der Waals surface area contributed by atoms with Crippen molar-refractivity contribution >= 4 is 12.0 Å². The topological polar surface area (TPSA) is 84.0 Å². The van der Waals surface area contributed by atoms with Crippen molar-refractivity contribution in [3.8, 4) is 0 Å². The zero-order valence-electron chi connectivity index (χ0n) is 16.2. The van der Waals surface area contributed by atoms with Gasteiger partial charge in [-0.15, -0.1) is 0 Å². The molecule has 1 aliphatic rings. The van der Waals surface area contributed by atoms with E-state index < -0.39 is 5.97 Å². The molecular formula is C22H26N3O3+. The minimum absolute atomic E-state index is 0.0459. The summed E-state index contributed by atoms with van der Waals surface area (Å²) >= 11 is 0. The Hall–Kier alpha value is -3.12. The van der Waals surface area contributed by atoms with Gasteiger partial charge in [0.05, 0.1) is 24.4 Å². The number of carbonyl (C=O) groups is 2. The molecule has 0 fully saturated rings. The lowest BCUT2D eigenvalue weighted by atomic mass is 9.97. The van der Waals surface area contributed by atoms with Crippen LogP contribution in [0.4, 0.5) is 4.79 Å². The first-order valence-corrected chi connectivity index (χ1v) is 9.47. The highest BCUT2D eigenvalue weighted by Crippen LogP contribution is 2.19. The number of ether oxygens (including phenoxy) is 1. The third-order valence-electron chi connectivity index (χ3n) is 4.73. The molecule has 6 nitrogen and oxygen atoms in total. The summed E-state index contributed by atoms with van der Waals surface area (Å²) in [4.78, 5) is 24.1. The maximum atomic E-state index is 12.3. The van der Waals surface area contributed by atoms with Crippen LogP contribution < -0.4 is 16.0 Å². The van der Waals surface area contributed by atoms with Gasteiger partial charge in [0.25, 0.3) is 0 Å². The molecule has 1 heterocycles. The van der Waals surface area contributed by atoms with Crippen LogP contribution in [0.15, 0.2) is 65.9 Å². The molecule has 6 heteroatoms. The van der Waals surface area contributed by atoms with Crippen molar-refractivity contribution in [2.45, 2.75) is 19.9 Å². The highest BCUT2D eigenvalue weighted by atomic mass is 16.5. The van der Waals surface area contributed by atoms with E-state index in [1.807, 2.05) is 18.2 Å². The summed E-state index contributed by atoms with van der Waals surface area (Å²) in [5.74, 6) is -0.398. The number of benzene rings is 2. The first-order valence-electron chi connectivity index (χ1n) is 9.47. The number of esters is 1. The number of aryl methyl sites for hydroxylation is 1. The molecule has 1 atom stereocenters. The molecular weight excluding hydrogens is 354 g/mol. The fourth-order valence-corrected chi connectivity index (χ4v) is 3.25. The molecule has 0 bridgehead atoms. The summed E-state index contributed by atoms with van der Waals surface area (Å²) in [5.41, 5.74) is 4.58. The first kappa shape index (κ1) is 19.6. The Morgan fingerprint density at radius 2 is 1.79 bits per heavy atom. The van der Waals surface area contributed by atoms with E-state index in [1.165, 1.54) is 5.56 Å². The Morgan fingerprint density at radius 1 is 1.11 bits per heavy atom. The molecule has 0 saturated carbocycles. The van der Waals surface area contributed by atoms with Gasteiger partial charge in [0.1, 0.15) is 12.6 Å². The molecule has 0 aromatic heterocycles. The number of carbonyl (C=O) groups excluding carboxylic acids is 2. The lowest BCUT2D eigenvalue weighted by molar-refractivity contribution is -0.680. The minimum atomic E-state index is -0.398. The fraction of sp³-hybridized carbons (Fsp3) is 0.273. The fourth-order valence-electron chi connectivity index (χ4n) is 3.25. The van der Waals surface area contributed by atoms with Crippen LogP contribution in [0.25, 0.3) is 0 Å². The van der Waals surface area contributed by atoms with Crippen LogP contribution in [-0.4, -0.2) is 31.7 Å². The van der Waals surface area contributed by atoms with E-state index in [0.717, 1.165) is 11.1 Å². The quantitative estimate of drug-likeness (QED) is 0.640. The Morgan fingerprint density at radius 3 is 2.46 bits per heavy atom. The molecule has 146 valence electrons. The Labute approximate surface area is 165 Å². The van der Waals surface area contributed by atoms with Crippen LogP contribution in [0.1, 0.15) is 29.7 Å². The molecule has 3 rings (SSSR count). The number of hydrogen-bond donors (Lipinski definition) is 3. The lowest BCUT2D eigenvalue weighted by Crippen LogP contribution is -2.86. The van der Waals surface area contributed by atoms with Crippen molar-refractivity contribution in [2.24, 2.45) is 0 Å². The van der Waals surface area contributed by atoms with Crippen LogP contribution in [0.3, 0.4) is 0 Å². The van der Waals surface area contributed by atoms with E-state index in [-0.39, 0.29) is 18.6 Å². The number of nitrogens with one attached hydrogen (secondary N) is 2. The second kappa shape index (κ2) is 9.19. The number of amides is 2. The number of nitrogens with two attached hydrogens (primary N) is 1. The smallest absolute Gasteiger partial charge is 0.337 e. The lowest BCUT2D eigenvalue weighted by Gasteiger charge is -2.23. The van der Waals surface area contributed by atoms with Gasteiger partial charge in [-0.25, -0.2) is 9.59 Å². The van der Waals surface area contributed by atoms with Gasteiger partial charge in [-0.3, -0.25) is 0 Å². The SMILES string of the molecule is CCOC(=O)C1=C(C[NH2+][C@@H](c2ccccc2)c2ccc(C)cc2)NC(=O)NC1. The first-order chi connectivity index (χ1) is 13.6. The predicted octanol–water partition coefficient (Wildman–Crippen LogP) is 1.78. The van der Waals surface area contributed by atoms with Crippen molar-refractivity contribution in [1.82, 2.24) is 10.6 Å². The molecule has 2 amide bonds. The third-order valence-corrected chi connectivity index (χ3v) is 4.73. The second-order valence-electron chi connectivity index (χ2n) is 6.72. The van der Waals surface area contributed by atoms with Crippen LogP contribution >= 0.6 is 0 Å². The van der Waals surface area contributed by atoms with E-state index in [4.69, 9.17) is 4.74 Å². The van der Waals surface area contributed by atoms with Gasteiger partial charge in [0.2, 0.25) is 0 Å². The molecule has 4 N–H and O–H groups in total. The maximum Gasteiger partial charge on any atom is 0.337 e. The third kappa shape index (κ3) is 4.78. The predicted molar refractivity (Wildman–Crippen MR) is 106 cm³/mol. The van der Waals surface area contributed by atoms with Gasteiger partial charge in [-0.2, -0.15) is 0 Å². The average Bonchev–Trinajstić information content (AvgIpc) is 2.70. The Kier molecular flexibility index (Phi) is 6.45. The molecule has 2 aromatic carbocycles. The van der Waals surface area contributed by atoms with Gasteiger partial charge in [0.15, 0.2) is 0 Å². The monoisotopic (exact) mass is 380 g/mol.